The van der Waals surface area contributed by atoms with Crippen LogP contribution in [0.15, 0.2) is 49.1 Å². The van der Waals surface area contributed by atoms with Crippen molar-refractivity contribution in [2.24, 2.45) is 0 Å². The van der Waals surface area contributed by atoms with Gasteiger partial charge < -0.3 is 5.32 Å². The van der Waals surface area contributed by atoms with Crippen molar-refractivity contribution in [3.8, 4) is 5.82 Å². The van der Waals surface area contributed by atoms with E-state index >= 15 is 0 Å². The van der Waals surface area contributed by atoms with Crippen molar-refractivity contribution in [3.63, 3.8) is 0 Å². The zero-order valence-electron chi connectivity index (χ0n) is 11.1. The van der Waals surface area contributed by atoms with Crippen LogP contribution in [0.2, 0.25) is 0 Å². The van der Waals surface area contributed by atoms with Crippen LogP contribution in [0.3, 0.4) is 0 Å². The fraction of sp³-hybridized carbons (Fsp3) is 0. The van der Waals surface area contributed by atoms with Gasteiger partial charge in [-0.25, -0.2) is 23.4 Å². The first-order valence-corrected chi connectivity index (χ1v) is 6.22. The summed E-state index contributed by atoms with van der Waals surface area (Å²) in [6.45, 7) is 0. The number of halogens is 2. The Hall–Kier alpha value is -3.16. The molecule has 0 atom stereocenters. The normalized spacial score (nSPS) is 10.5. The molecule has 0 aliphatic rings. The molecule has 3 aromatic heterocycles. The summed E-state index contributed by atoms with van der Waals surface area (Å²) >= 11 is 0. The van der Waals surface area contributed by atoms with Gasteiger partial charge in [-0.2, -0.15) is 5.10 Å². The average Bonchev–Trinajstić information content (AvgIpc) is 3.01. The highest BCUT2D eigenvalue weighted by molar-refractivity contribution is 6.03. The van der Waals surface area contributed by atoms with Gasteiger partial charge in [0.05, 0.1) is 11.9 Å². The van der Waals surface area contributed by atoms with Gasteiger partial charge in [0.15, 0.2) is 17.3 Å². The highest BCUT2D eigenvalue weighted by atomic mass is 19.1. The second kappa shape index (κ2) is 5.68. The number of aromatic nitrogens is 4. The molecule has 1 amide bonds. The number of carbonyl (C=O) groups excluding carboxylic acids is 1. The molecule has 1 N–H and O–H groups in total. The Balaban J connectivity index is 1.92. The molecule has 8 heteroatoms. The van der Waals surface area contributed by atoms with E-state index in [1.165, 1.54) is 10.9 Å². The van der Waals surface area contributed by atoms with E-state index in [2.05, 4.69) is 20.4 Å². The zero-order valence-corrected chi connectivity index (χ0v) is 11.1. The summed E-state index contributed by atoms with van der Waals surface area (Å²) in [5.41, 5.74) is -0.182. The molecule has 0 radical (unpaired) electrons. The average molecular weight is 301 g/mol. The number of carbonyl (C=O) groups is 1. The molecule has 0 aliphatic carbocycles. The standard InChI is InChI=1S/C14H9F2N5O/c15-9-7-10(16)12(18-8-9)14(22)20-11-3-1-4-17-13(11)21-6-2-5-19-21/h1-8H,(H,20,22). The van der Waals surface area contributed by atoms with Crippen LogP contribution in [-0.4, -0.2) is 25.7 Å². The van der Waals surface area contributed by atoms with Crippen LogP contribution in [-0.2, 0) is 0 Å². The minimum atomic E-state index is -1.04. The number of anilines is 1. The molecular weight excluding hydrogens is 292 g/mol. The first-order valence-electron chi connectivity index (χ1n) is 6.22. The van der Waals surface area contributed by atoms with Crippen LogP contribution in [0.1, 0.15) is 10.5 Å². The minimum Gasteiger partial charge on any atom is -0.317 e. The van der Waals surface area contributed by atoms with Gasteiger partial charge in [0.1, 0.15) is 5.82 Å². The molecule has 3 aromatic rings. The number of nitrogens with zero attached hydrogens (tertiary/aromatic N) is 4. The Bertz CT molecular complexity index is 820. The molecule has 110 valence electrons. The number of nitrogens with one attached hydrogen (secondary N) is 1. The summed E-state index contributed by atoms with van der Waals surface area (Å²) in [5, 5.41) is 6.51. The number of pyridine rings is 2. The van der Waals surface area contributed by atoms with E-state index in [1.54, 1.807) is 30.6 Å². The summed E-state index contributed by atoms with van der Waals surface area (Å²) in [6.07, 6.45) is 5.51. The van der Waals surface area contributed by atoms with Crippen LogP contribution < -0.4 is 5.32 Å². The predicted molar refractivity (Wildman–Crippen MR) is 73.5 cm³/mol. The van der Waals surface area contributed by atoms with Crippen molar-refractivity contribution in [2.45, 2.75) is 0 Å². The molecule has 3 rings (SSSR count). The minimum absolute atomic E-state index is 0.321. The fourth-order valence-electron chi connectivity index (χ4n) is 1.83. The van der Waals surface area contributed by atoms with Crippen molar-refractivity contribution in [1.82, 2.24) is 19.7 Å². The maximum absolute atomic E-state index is 13.6. The number of rotatable bonds is 3. The van der Waals surface area contributed by atoms with E-state index in [9.17, 15) is 13.6 Å². The lowest BCUT2D eigenvalue weighted by Gasteiger charge is -2.09. The van der Waals surface area contributed by atoms with Crippen LogP contribution in [0.4, 0.5) is 14.5 Å². The Labute approximate surface area is 123 Å². The predicted octanol–water partition coefficient (Wildman–Crippen LogP) is 2.19. The largest absolute Gasteiger partial charge is 0.317 e. The molecule has 0 saturated heterocycles. The highest BCUT2D eigenvalue weighted by Crippen LogP contribution is 2.17. The molecule has 3 heterocycles. The van der Waals surface area contributed by atoms with Gasteiger partial charge in [0, 0.05) is 24.7 Å². The Morgan fingerprint density at radius 3 is 2.77 bits per heavy atom. The van der Waals surface area contributed by atoms with Crippen molar-refractivity contribution in [3.05, 3.63) is 66.4 Å². The third kappa shape index (κ3) is 2.66. The molecule has 0 unspecified atom stereocenters. The quantitative estimate of drug-likeness (QED) is 0.805. The van der Waals surface area contributed by atoms with Gasteiger partial charge in [-0.3, -0.25) is 4.79 Å². The second-order valence-corrected chi connectivity index (χ2v) is 4.26. The topological polar surface area (TPSA) is 72.7 Å². The van der Waals surface area contributed by atoms with E-state index in [1.807, 2.05) is 0 Å². The van der Waals surface area contributed by atoms with E-state index in [0.717, 1.165) is 6.20 Å². The summed E-state index contributed by atoms with van der Waals surface area (Å²) < 4.78 is 27.9. The molecular formula is C14H9F2N5O. The third-order valence-electron chi connectivity index (χ3n) is 2.78. The van der Waals surface area contributed by atoms with E-state index in [0.29, 0.717) is 17.6 Å². The fourth-order valence-corrected chi connectivity index (χ4v) is 1.83. The second-order valence-electron chi connectivity index (χ2n) is 4.26. The summed E-state index contributed by atoms with van der Waals surface area (Å²) in [7, 11) is 0. The molecule has 0 saturated carbocycles. The number of amides is 1. The Morgan fingerprint density at radius 1 is 1.18 bits per heavy atom. The number of hydrogen-bond donors (Lipinski definition) is 1. The van der Waals surface area contributed by atoms with E-state index in [-0.39, 0.29) is 0 Å². The van der Waals surface area contributed by atoms with Crippen molar-refractivity contribution < 1.29 is 13.6 Å². The molecule has 0 bridgehead atoms. The van der Waals surface area contributed by atoms with Gasteiger partial charge in [-0.15, -0.1) is 0 Å². The van der Waals surface area contributed by atoms with Crippen LogP contribution in [0.5, 0.6) is 0 Å². The maximum atomic E-state index is 13.6. The van der Waals surface area contributed by atoms with Crippen LogP contribution in [0, 0.1) is 11.6 Å². The SMILES string of the molecule is O=C(Nc1cccnc1-n1cccn1)c1ncc(F)cc1F. The number of hydrogen-bond acceptors (Lipinski definition) is 4. The van der Waals surface area contributed by atoms with Crippen molar-refractivity contribution in [1.29, 1.82) is 0 Å². The van der Waals surface area contributed by atoms with Gasteiger partial charge in [-0.1, -0.05) is 0 Å². The Morgan fingerprint density at radius 2 is 2.05 bits per heavy atom. The molecule has 0 aliphatic heterocycles. The highest BCUT2D eigenvalue weighted by Gasteiger charge is 2.16. The van der Waals surface area contributed by atoms with Gasteiger partial charge in [0.2, 0.25) is 0 Å². The first-order chi connectivity index (χ1) is 10.6. The summed E-state index contributed by atoms with van der Waals surface area (Å²) in [5.74, 6) is -2.34. The Kier molecular flexibility index (Phi) is 3.57. The molecule has 0 fully saturated rings. The summed E-state index contributed by atoms with van der Waals surface area (Å²) in [4.78, 5) is 19.7. The van der Waals surface area contributed by atoms with Crippen LogP contribution in [0.25, 0.3) is 5.82 Å². The van der Waals surface area contributed by atoms with E-state index < -0.39 is 23.2 Å². The summed E-state index contributed by atoms with van der Waals surface area (Å²) in [6, 6.07) is 5.49. The van der Waals surface area contributed by atoms with Gasteiger partial charge >= 0.3 is 0 Å². The van der Waals surface area contributed by atoms with E-state index in [4.69, 9.17) is 0 Å². The zero-order chi connectivity index (χ0) is 15.5. The van der Waals surface area contributed by atoms with Crippen molar-refractivity contribution >= 4 is 11.6 Å². The van der Waals surface area contributed by atoms with Gasteiger partial charge in [0.25, 0.3) is 5.91 Å². The third-order valence-corrected chi connectivity index (χ3v) is 2.78. The lowest BCUT2D eigenvalue weighted by molar-refractivity contribution is 0.101. The lowest BCUT2D eigenvalue weighted by atomic mass is 10.3. The molecule has 0 spiro atoms. The maximum Gasteiger partial charge on any atom is 0.277 e. The van der Waals surface area contributed by atoms with Crippen molar-refractivity contribution in [2.75, 3.05) is 5.32 Å². The first kappa shape index (κ1) is 13.8. The smallest absolute Gasteiger partial charge is 0.277 e. The molecule has 22 heavy (non-hydrogen) atoms. The van der Waals surface area contributed by atoms with Crippen LogP contribution >= 0.6 is 0 Å². The molecule has 6 nitrogen and oxygen atoms in total. The van der Waals surface area contributed by atoms with Gasteiger partial charge in [-0.05, 0) is 18.2 Å². The monoisotopic (exact) mass is 301 g/mol. The molecule has 0 aromatic carbocycles. The lowest BCUT2D eigenvalue weighted by Crippen LogP contribution is -2.17.